The molecular formula is C21H18BrN3O2. The van der Waals surface area contributed by atoms with Crippen LogP contribution in [-0.2, 0) is 4.79 Å². The first-order chi connectivity index (χ1) is 13.1. The van der Waals surface area contributed by atoms with Gasteiger partial charge in [-0.1, -0.05) is 71.1 Å². The molecule has 0 spiro atoms. The van der Waals surface area contributed by atoms with E-state index < -0.39 is 5.91 Å². The SMILES string of the molecule is C=C(/C=C/C=C/c1ccccc1)NNC(=O)COc1ccc(Br)cc1C#N. The topological polar surface area (TPSA) is 74.2 Å². The van der Waals surface area contributed by atoms with Gasteiger partial charge in [0.25, 0.3) is 5.91 Å². The second-order valence-corrected chi connectivity index (χ2v) is 6.28. The fourth-order valence-corrected chi connectivity index (χ4v) is 2.35. The van der Waals surface area contributed by atoms with E-state index in [1.165, 1.54) is 0 Å². The molecule has 2 aromatic rings. The van der Waals surface area contributed by atoms with Crippen LogP contribution in [0.1, 0.15) is 11.1 Å². The van der Waals surface area contributed by atoms with Gasteiger partial charge in [0.2, 0.25) is 0 Å². The first-order valence-electron chi connectivity index (χ1n) is 8.04. The van der Waals surface area contributed by atoms with E-state index in [-0.39, 0.29) is 6.61 Å². The van der Waals surface area contributed by atoms with Crippen molar-refractivity contribution in [1.29, 1.82) is 5.26 Å². The van der Waals surface area contributed by atoms with Crippen LogP contribution in [0.2, 0.25) is 0 Å². The maximum absolute atomic E-state index is 11.8. The average molecular weight is 424 g/mol. The highest BCUT2D eigenvalue weighted by molar-refractivity contribution is 9.10. The van der Waals surface area contributed by atoms with E-state index in [1.807, 2.05) is 54.6 Å². The molecule has 0 fully saturated rings. The standard InChI is InChI=1S/C21H18BrN3O2/c1-16(7-5-6-10-17-8-3-2-4-9-17)24-25-21(26)15-27-20-12-11-19(22)13-18(20)14-23/h2-13,24H,1,15H2,(H,25,26)/b7-5+,10-6+. The number of ether oxygens (including phenoxy) is 1. The third-order valence-electron chi connectivity index (χ3n) is 3.28. The number of hydrazine groups is 1. The Bertz CT molecular complexity index is 899. The molecule has 2 N–H and O–H groups in total. The summed E-state index contributed by atoms with van der Waals surface area (Å²) in [5.74, 6) is -0.0446. The monoisotopic (exact) mass is 423 g/mol. The fraction of sp³-hybridized carbons (Fsp3) is 0.0476. The Labute approximate surface area is 166 Å². The molecule has 2 rings (SSSR count). The second kappa shape index (κ2) is 10.6. The molecule has 0 saturated carbocycles. The van der Waals surface area contributed by atoms with Crippen LogP contribution in [0.25, 0.3) is 6.08 Å². The Morgan fingerprint density at radius 3 is 2.70 bits per heavy atom. The third kappa shape index (κ3) is 7.22. The lowest BCUT2D eigenvalue weighted by atomic mass is 10.2. The van der Waals surface area contributed by atoms with Crippen LogP contribution in [0, 0.1) is 11.3 Å². The molecule has 0 heterocycles. The van der Waals surface area contributed by atoms with Gasteiger partial charge in [-0.2, -0.15) is 5.26 Å². The van der Waals surface area contributed by atoms with E-state index in [2.05, 4.69) is 33.4 Å². The maximum atomic E-state index is 11.8. The van der Waals surface area contributed by atoms with Gasteiger partial charge in [-0.05, 0) is 29.8 Å². The van der Waals surface area contributed by atoms with E-state index >= 15 is 0 Å². The highest BCUT2D eigenvalue weighted by atomic mass is 79.9. The molecule has 0 unspecified atom stereocenters. The molecule has 6 heteroatoms. The summed E-state index contributed by atoms with van der Waals surface area (Å²) in [7, 11) is 0. The zero-order valence-corrected chi connectivity index (χ0v) is 16.1. The molecule has 0 saturated heterocycles. The van der Waals surface area contributed by atoms with Crippen LogP contribution >= 0.6 is 15.9 Å². The summed E-state index contributed by atoms with van der Waals surface area (Å²) in [5.41, 5.74) is 7.13. The van der Waals surface area contributed by atoms with Crippen LogP contribution in [0.5, 0.6) is 5.75 Å². The van der Waals surface area contributed by atoms with Crippen molar-refractivity contribution in [3.05, 3.63) is 94.6 Å². The summed E-state index contributed by atoms with van der Waals surface area (Å²) < 4.78 is 6.14. The second-order valence-electron chi connectivity index (χ2n) is 5.37. The molecule has 0 aliphatic rings. The van der Waals surface area contributed by atoms with E-state index in [4.69, 9.17) is 10.00 Å². The quantitative estimate of drug-likeness (QED) is 0.494. The Kier molecular flexibility index (Phi) is 7.89. The van der Waals surface area contributed by atoms with Crippen LogP contribution in [0.15, 0.2) is 83.5 Å². The summed E-state index contributed by atoms with van der Waals surface area (Å²) >= 11 is 3.28. The van der Waals surface area contributed by atoms with Crippen molar-refractivity contribution in [3.63, 3.8) is 0 Å². The van der Waals surface area contributed by atoms with Crippen LogP contribution < -0.4 is 15.6 Å². The number of carbonyl (C=O) groups excluding carboxylic acids is 1. The van der Waals surface area contributed by atoms with Crippen LogP contribution in [0.4, 0.5) is 0 Å². The van der Waals surface area contributed by atoms with Crippen molar-refractivity contribution in [2.75, 3.05) is 6.61 Å². The van der Waals surface area contributed by atoms with Crippen LogP contribution in [0.3, 0.4) is 0 Å². The normalized spacial score (nSPS) is 10.5. The van der Waals surface area contributed by atoms with E-state index in [0.717, 1.165) is 10.0 Å². The van der Waals surface area contributed by atoms with Crippen molar-refractivity contribution >= 4 is 27.9 Å². The lowest BCUT2D eigenvalue weighted by molar-refractivity contribution is -0.123. The van der Waals surface area contributed by atoms with Gasteiger partial charge in [0.1, 0.15) is 11.8 Å². The predicted octanol–water partition coefficient (Wildman–Crippen LogP) is 4.10. The number of nitrogens with one attached hydrogen (secondary N) is 2. The van der Waals surface area contributed by atoms with Crippen molar-refractivity contribution in [3.8, 4) is 11.8 Å². The molecule has 1 amide bonds. The molecule has 5 nitrogen and oxygen atoms in total. The van der Waals surface area contributed by atoms with Gasteiger partial charge < -0.3 is 4.74 Å². The largest absolute Gasteiger partial charge is 0.482 e. The molecule has 27 heavy (non-hydrogen) atoms. The summed E-state index contributed by atoms with van der Waals surface area (Å²) in [4.78, 5) is 11.8. The lowest BCUT2D eigenvalue weighted by Gasteiger charge is -2.10. The molecule has 2 aromatic carbocycles. The number of hydrogen-bond donors (Lipinski definition) is 2. The molecule has 0 radical (unpaired) electrons. The summed E-state index contributed by atoms with van der Waals surface area (Å²) in [5, 5.41) is 9.07. The van der Waals surface area contributed by atoms with Gasteiger partial charge >= 0.3 is 0 Å². The predicted molar refractivity (Wildman–Crippen MR) is 109 cm³/mol. The Morgan fingerprint density at radius 1 is 1.19 bits per heavy atom. The highest BCUT2D eigenvalue weighted by Gasteiger charge is 2.07. The number of benzene rings is 2. The minimum Gasteiger partial charge on any atom is -0.482 e. The van der Waals surface area contributed by atoms with Gasteiger partial charge in [0.15, 0.2) is 6.61 Å². The van der Waals surface area contributed by atoms with Gasteiger partial charge in [0, 0.05) is 10.2 Å². The van der Waals surface area contributed by atoms with E-state index in [1.54, 1.807) is 24.3 Å². The first kappa shape index (κ1) is 20.0. The van der Waals surface area contributed by atoms with Crippen molar-refractivity contribution in [2.45, 2.75) is 0 Å². The smallest absolute Gasteiger partial charge is 0.276 e. The number of nitrogens with zero attached hydrogens (tertiary/aromatic N) is 1. The van der Waals surface area contributed by atoms with Gasteiger partial charge in [-0.25, -0.2) is 0 Å². The minimum atomic E-state index is -0.392. The Morgan fingerprint density at radius 2 is 1.96 bits per heavy atom. The van der Waals surface area contributed by atoms with E-state index in [0.29, 0.717) is 17.0 Å². The van der Waals surface area contributed by atoms with Crippen molar-refractivity contribution in [1.82, 2.24) is 10.9 Å². The number of nitriles is 1. The number of hydrogen-bond acceptors (Lipinski definition) is 4. The zero-order chi connectivity index (χ0) is 19.5. The third-order valence-corrected chi connectivity index (χ3v) is 3.77. The Balaban J connectivity index is 1.73. The van der Waals surface area contributed by atoms with Gasteiger partial charge in [0.05, 0.1) is 5.56 Å². The lowest BCUT2D eigenvalue weighted by Crippen LogP contribution is -2.39. The fourth-order valence-electron chi connectivity index (χ4n) is 1.99. The highest BCUT2D eigenvalue weighted by Crippen LogP contribution is 2.22. The molecule has 136 valence electrons. The number of rotatable bonds is 8. The molecule has 0 atom stereocenters. The Hall–Kier alpha value is -3.30. The molecule has 0 bridgehead atoms. The summed E-state index contributed by atoms with van der Waals surface area (Å²) in [6.45, 7) is 3.56. The summed E-state index contributed by atoms with van der Waals surface area (Å²) in [6, 6.07) is 16.9. The molecule has 0 aliphatic carbocycles. The maximum Gasteiger partial charge on any atom is 0.276 e. The molecule has 0 aliphatic heterocycles. The average Bonchev–Trinajstić information content (AvgIpc) is 2.69. The van der Waals surface area contributed by atoms with Gasteiger partial charge in [-0.3, -0.25) is 15.6 Å². The zero-order valence-electron chi connectivity index (χ0n) is 14.5. The van der Waals surface area contributed by atoms with Gasteiger partial charge in [-0.15, -0.1) is 0 Å². The number of carbonyl (C=O) groups is 1. The number of allylic oxidation sites excluding steroid dienone is 3. The molecule has 0 aromatic heterocycles. The van der Waals surface area contributed by atoms with E-state index in [9.17, 15) is 4.79 Å². The minimum absolute atomic E-state index is 0.228. The number of halogens is 1. The van der Waals surface area contributed by atoms with Crippen LogP contribution in [-0.4, -0.2) is 12.5 Å². The van der Waals surface area contributed by atoms with Crippen molar-refractivity contribution in [2.24, 2.45) is 0 Å². The van der Waals surface area contributed by atoms with Crippen molar-refractivity contribution < 1.29 is 9.53 Å². The molecular weight excluding hydrogens is 406 g/mol. The summed E-state index contributed by atoms with van der Waals surface area (Å²) in [6.07, 6.45) is 7.38. The number of amides is 1. The first-order valence-corrected chi connectivity index (χ1v) is 8.84.